The summed E-state index contributed by atoms with van der Waals surface area (Å²) in [4.78, 5) is 42.6. The van der Waals surface area contributed by atoms with E-state index in [1.54, 1.807) is 127 Å². The molecule has 13 rings (SSSR count). The van der Waals surface area contributed by atoms with Crippen LogP contribution in [0, 0.1) is 0 Å². The van der Waals surface area contributed by atoms with Crippen LogP contribution >= 0.6 is 0 Å². The van der Waals surface area contributed by atoms with Gasteiger partial charge in [0.05, 0.1) is 16.7 Å². The molecule has 18 heteroatoms. The number of carbonyl (C=O) groups excluding carboxylic acids is 3. The number of esters is 3. The monoisotopic (exact) mass is 1520 g/mol. The molecule has 0 aliphatic heterocycles. The lowest BCUT2D eigenvalue weighted by Gasteiger charge is -2.21. The highest BCUT2D eigenvalue weighted by Crippen LogP contribution is 2.39. The molecule has 0 spiro atoms. The van der Waals surface area contributed by atoms with Crippen molar-refractivity contribution in [1.29, 1.82) is 0 Å². The smallest absolute Gasteiger partial charge is 0.338 e. The molecule has 6 N–H and O–H groups in total. The number of hydrogen-bond donors (Lipinski definition) is 6. The quantitative estimate of drug-likeness (QED) is 0.0158. The van der Waals surface area contributed by atoms with Crippen LogP contribution in [0.1, 0.15) is 151 Å². The molecule has 0 aliphatic rings. The largest absolute Gasteiger partial charge is 0.489 e. The van der Waals surface area contributed by atoms with Gasteiger partial charge < -0.3 is 73.3 Å². The Bertz CT molecular complexity index is 4530. The third-order valence-electron chi connectivity index (χ3n) is 18.8. The summed E-state index contributed by atoms with van der Waals surface area (Å²) in [6, 6.07) is 95.7. The van der Waals surface area contributed by atoms with Crippen LogP contribution in [-0.2, 0) is 73.7 Å². The number of benzene rings is 13. The molecular formula is C96H84O18. The van der Waals surface area contributed by atoms with Crippen molar-refractivity contribution < 1.29 is 87.7 Å². The Balaban J connectivity index is 0.688. The van der Waals surface area contributed by atoms with Gasteiger partial charge in [-0.3, -0.25) is 0 Å². The molecule has 0 unspecified atom stereocenters. The Kier molecular flexibility index (Phi) is 27.1. The van der Waals surface area contributed by atoms with Gasteiger partial charge in [0.25, 0.3) is 0 Å². The van der Waals surface area contributed by atoms with E-state index in [2.05, 4.69) is 0 Å². The number of ether oxygens (including phenoxy) is 9. The minimum atomic E-state index is -1.43. The van der Waals surface area contributed by atoms with Crippen molar-refractivity contribution in [1.82, 2.24) is 0 Å². The summed E-state index contributed by atoms with van der Waals surface area (Å²) in [7, 11) is 0. The maximum atomic E-state index is 14.2. The Morgan fingerprint density at radius 2 is 0.360 bits per heavy atom. The second-order valence-electron chi connectivity index (χ2n) is 27.3. The Labute approximate surface area is 660 Å². The number of rotatable bonds is 36. The molecule has 13 aromatic carbocycles. The number of carbonyl (C=O) groups is 3. The van der Waals surface area contributed by atoms with Crippen molar-refractivity contribution in [2.75, 3.05) is 0 Å². The van der Waals surface area contributed by atoms with Crippen LogP contribution in [0.3, 0.4) is 0 Å². The summed E-state index contributed by atoms with van der Waals surface area (Å²) in [5.74, 6) is -0.251. The van der Waals surface area contributed by atoms with Gasteiger partial charge in [0.1, 0.15) is 131 Å². The molecule has 6 atom stereocenters. The predicted molar refractivity (Wildman–Crippen MR) is 427 cm³/mol. The zero-order chi connectivity index (χ0) is 79.0. The van der Waals surface area contributed by atoms with Gasteiger partial charge >= 0.3 is 17.9 Å². The zero-order valence-electron chi connectivity index (χ0n) is 62.1. The van der Waals surface area contributed by atoms with Crippen molar-refractivity contribution in [2.24, 2.45) is 0 Å². The summed E-state index contributed by atoms with van der Waals surface area (Å²) >= 11 is 0. The van der Waals surface area contributed by atoms with Gasteiger partial charge in [0, 0.05) is 18.2 Å². The molecule has 0 aromatic heterocycles. The van der Waals surface area contributed by atoms with Crippen LogP contribution in [0.4, 0.5) is 0 Å². The lowest BCUT2D eigenvalue weighted by molar-refractivity contribution is 0.0169. The number of aliphatic hydroxyl groups is 6. The highest BCUT2D eigenvalue weighted by atomic mass is 16.5. The fourth-order valence-electron chi connectivity index (χ4n) is 12.4. The first-order chi connectivity index (χ1) is 55.6. The molecule has 0 fully saturated rings. The van der Waals surface area contributed by atoms with Gasteiger partial charge in [0.2, 0.25) is 0 Å². The first-order valence-electron chi connectivity index (χ1n) is 37.1. The lowest BCUT2D eigenvalue weighted by atomic mass is 9.97. The Hall–Kier alpha value is -13.2. The molecule has 0 heterocycles. The van der Waals surface area contributed by atoms with E-state index in [1.165, 1.54) is 18.2 Å². The van der Waals surface area contributed by atoms with Gasteiger partial charge in [-0.1, -0.05) is 255 Å². The van der Waals surface area contributed by atoms with Crippen molar-refractivity contribution in [3.8, 4) is 34.5 Å². The molecule has 0 saturated heterocycles. The first kappa shape index (κ1) is 78.9. The average Bonchev–Trinajstić information content (AvgIpc) is 0.831. The van der Waals surface area contributed by atoms with Crippen LogP contribution in [0.25, 0.3) is 0 Å². The molecule has 18 nitrogen and oxygen atoms in total. The fourth-order valence-corrected chi connectivity index (χ4v) is 12.4. The summed E-state index contributed by atoms with van der Waals surface area (Å²) in [5.41, 5.74) is 8.51. The molecule has 0 radical (unpaired) electrons. The highest BCUT2D eigenvalue weighted by Gasteiger charge is 2.27. The number of hydrogen-bond acceptors (Lipinski definition) is 18. The molecule has 13 aromatic rings. The second kappa shape index (κ2) is 39.1. The fraction of sp³-hybridized carbons (Fsp3) is 0.156. The van der Waals surface area contributed by atoms with Crippen LogP contribution < -0.4 is 28.4 Å². The topological polar surface area (TPSA) is 256 Å². The van der Waals surface area contributed by atoms with E-state index < -0.39 is 54.5 Å². The van der Waals surface area contributed by atoms with Gasteiger partial charge in [-0.15, -0.1) is 0 Å². The van der Waals surface area contributed by atoms with Crippen molar-refractivity contribution in [3.05, 3.63) is 428 Å². The third kappa shape index (κ3) is 22.3. The summed E-state index contributed by atoms with van der Waals surface area (Å²) < 4.78 is 54.3. The summed E-state index contributed by atoms with van der Waals surface area (Å²) in [6.07, 6.45) is -8.56. The molecule has 0 amide bonds. The maximum absolute atomic E-state index is 14.2. The van der Waals surface area contributed by atoms with Gasteiger partial charge in [-0.25, -0.2) is 14.4 Å². The number of aliphatic hydroxyl groups excluding tert-OH is 6. The van der Waals surface area contributed by atoms with Gasteiger partial charge in [-0.05, 0) is 138 Å². The van der Waals surface area contributed by atoms with Crippen molar-refractivity contribution in [3.63, 3.8) is 0 Å². The van der Waals surface area contributed by atoms with Crippen molar-refractivity contribution >= 4 is 17.9 Å². The minimum Gasteiger partial charge on any atom is -0.489 e. The zero-order valence-corrected chi connectivity index (χ0v) is 62.1. The normalized spacial score (nSPS) is 12.7. The highest BCUT2D eigenvalue weighted by molar-refractivity contribution is 6.00. The van der Waals surface area contributed by atoms with E-state index in [-0.39, 0.29) is 76.2 Å². The van der Waals surface area contributed by atoms with Crippen LogP contribution in [-0.4, -0.2) is 48.5 Å². The second-order valence-corrected chi connectivity index (χ2v) is 27.3. The van der Waals surface area contributed by atoms with E-state index in [4.69, 9.17) is 42.6 Å². The van der Waals surface area contributed by atoms with E-state index in [0.717, 1.165) is 33.4 Å². The minimum absolute atomic E-state index is 0.200. The standard InChI is InChI=1S/C96H84O18/c97-88(91(100)76-46-82(106-55-64-19-7-1-8-20-64)52-83(47-76)107-56-65-21-9-2-10-22-65)73-37-31-70(32-38-73)61-112-94(103)79-43-80(95(104)113-62-71-33-39-74(40-34-71)89(98)92(101)77-48-84(108-57-66-23-11-3-12-24-66)53-85(49-77)109-58-67-25-13-4-14-26-67)45-81(44-79)96(105)114-63-72-35-41-75(42-36-72)90(99)93(102)78-50-86(110-59-68-27-15-5-16-28-68)54-87(51-78)111-60-69-29-17-6-18-30-69/h1-54,88-93,97-102H,55-63H2/t88-,89-,90-,91-,92-,93-/m1/s1. The van der Waals surface area contributed by atoms with E-state index >= 15 is 0 Å². The Morgan fingerprint density at radius 1 is 0.193 bits per heavy atom. The van der Waals surface area contributed by atoms with Gasteiger partial charge in [0.15, 0.2) is 0 Å². The van der Waals surface area contributed by atoms with Crippen LogP contribution in [0.15, 0.2) is 328 Å². The summed E-state index contributed by atoms with van der Waals surface area (Å²) in [5, 5.41) is 70.1. The maximum Gasteiger partial charge on any atom is 0.338 e. The molecule has 114 heavy (non-hydrogen) atoms. The SMILES string of the molecule is O=C(OCc1ccc([C@@H](O)[C@H](O)c2cc(OCc3ccccc3)cc(OCc3ccccc3)c2)cc1)c1cc(C(=O)OCc2ccc([C@@H](O)[C@H](O)c3cc(OCc4ccccc4)cc(OCc4ccccc4)c3)cc2)cc(C(=O)OCc2ccc([C@@H](O)[C@H](O)c3cc(OCc4ccccc4)cc(OCc4ccccc4)c3)cc2)c1. The lowest BCUT2D eigenvalue weighted by Crippen LogP contribution is -2.14. The molecule has 0 saturated carbocycles. The van der Waals surface area contributed by atoms with E-state index in [0.29, 0.717) is 84.6 Å². The van der Waals surface area contributed by atoms with E-state index in [1.807, 2.05) is 182 Å². The molecule has 0 bridgehead atoms. The average molecular weight is 1530 g/mol. The van der Waals surface area contributed by atoms with Crippen LogP contribution in [0.5, 0.6) is 34.5 Å². The van der Waals surface area contributed by atoms with E-state index in [9.17, 15) is 45.0 Å². The third-order valence-corrected chi connectivity index (χ3v) is 18.8. The van der Waals surface area contributed by atoms with Crippen LogP contribution in [0.2, 0.25) is 0 Å². The molecular weight excluding hydrogens is 1440 g/mol. The first-order valence-corrected chi connectivity index (χ1v) is 37.1. The molecule has 0 aliphatic carbocycles. The van der Waals surface area contributed by atoms with Crippen molar-refractivity contribution in [2.45, 2.75) is 96.1 Å². The molecule has 576 valence electrons. The van der Waals surface area contributed by atoms with Gasteiger partial charge in [-0.2, -0.15) is 0 Å². The predicted octanol–water partition coefficient (Wildman–Crippen LogP) is 17.5. The summed E-state index contributed by atoms with van der Waals surface area (Å²) in [6.45, 7) is 0.603. The Morgan fingerprint density at radius 3 is 0.544 bits per heavy atom.